The molecule has 0 fully saturated rings. The summed E-state index contributed by atoms with van der Waals surface area (Å²) in [7, 11) is 0. The molecule has 0 aliphatic rings. The average molecular weight is 540 g/mol. The molecule has 3 aromatic heterocycles. The van der Waals surface area contributed by atoms with E-state index in [9.17, 15) is 35.1 Å². The molecule has 1 N–H and O–H groups in total. The number of rotatable bonds is 4. The zero-order valence-electron chi connectivity index (χ0n) is 19.0. The Hall–Kier alpha value is -4.36. The van der Waals surface area contributed by atoms with E-state index < -0.39 is 40.7 Å². The van der Waals surface area contributed by atoms with Gasteiger partial charge in [-0.2, -0.15) is 26.3 Å². The van der Waals surface area contributed by atoms with E-state index >= 15 is 0 Å². The first-order valence-electron chi connectivity index (χ1n) is 10.8. The molecule has 5 aromatic rings. The number of imidazole rings is 1. The number of fused-ring (bicyclic) bond motifs is 1. The number of nitrogens with zero attached hydrogens (tertiary/aromatic N) is 4. The monoisotopic (exact) mass is 540 g/mol. The normalized spacial score (nSPS) is 12.4. The molecule has 0 unspecified atom stereocenters. The van der Waals surface area contributed by atoms with Gasteiger partial charge in [-0.3, -0.25) is 0 Å². The topological polar surface area (TPSA) is 71.5 Å². The highest BCUT2D eigenvalue weighted by Gasteiger charge is 2.39. The van der Waals surface area contributed by atoms with E-state index in [1.54, 1.807) is 6.92 Å². The zero-order chi connectivity index (χ0) is 27.4. The van der Waals surface area contributed by atoms with E-state index in [2.05, 4.69) is 20.2 Å². The third-order valence-corrected chi connectivity index (χ3v) is 5.64. The Bertz CT molecular complexity index is 1670. The van der Waals surface area contributed by atoms with Crippen LogP contribution in [-0.2, 0) is 18.9 Å². The molecule has 3 heterocycles. The van der Waals surface area contributed by atoms with Crippen LogP contribution in [0.25, 0.3) is 33.7 Å². The Morgan fingerprint density at radius 3 is 2.42 bits per heavy atom. The van der Waals surface area contributed by atoms with Crippen molar-refractivity contribution in [1.29, 1.82) is 0 Å². The summed E-state index contributed by atoms with van der Waals surface area (Å²) >= 11 is 0. The van der Waals surface area contributed by atoms with Gasteiger partial charge < -0.3 is 9.51 Å². The number of nitrogens with one attached hydrogen (secondary N) is 1. The minimum Gasteiger partial charge on any atom is -0.354 e. The number of aromatic amines is 1. The fourth-order valence-corrected chi connectivity index (χ4v) is 3.92. The van der Waals surface area contributed by atoms with E-state index in [0.717, 1.165) is 12.1 Å². The molecular formula is C24H14F8N5O+. The molecule has 196 valence electrons. The molecular weight excluding hydrogens is 526 g/mol. The Kier molecular flexibility index (Phi) is 5.92. The zero-order valence-corrected chi connectivity index (χ0v) is 19.0. The van der Waals surface area contributed by atoms with Gasteiger partial charge in [0, 0.05) is 11.6 Å². The third kappa shape index (κ3) is 4.68. The van der Waals surface area contributed by atoms with Crippen molar-refractivity contribution in [2.45, 2.75) is 25.8 Å². The van der Waals surface area contributed by atoms with Gasteiger partial charge in [0.1, 0.15) is 28.2 Å². The summed E-state index contributed by atoms with van der Waals surface area (Å²) in [5.74, 6) is -2.01. The minimum atomic E-state index is -5.08. The van der Waals surface area contributed by atoms with Crippen LogP contribution in [0.3, 0.4) is 0 Å². The predicted molar refractivity (Wildman–Crippen MR) is 115 cm³/mol. The number of hydrogen-bond donors (Lipinski definition) is 1. The molecule has 0 spiro atoms. The number of benzene rings is 2. The summed E-state index contributed by atoms with van der Waals surface area (Å²) in [4.78, 5) is 7.15. The molecule has 0 bridgehead atoms. The second kappa shape index (κ2) is 8.89. The van der Waals surface area contributed by atoms with Crippen LogP contribution in [0.5, 0.6) is 0 Å². The molecule has 0 aliphatic heterocycles. The van der Waals surface area contributed by atoms with Crippen LogP contribution in [0.1, 0.15) is 22.6 Å². The Morgan fingerprint density at radius 1 is 0.947 bits per heavy atom. The summed E-state index contributed by atoms with van der Waals surface area (Å²) in [6.45, 7) is 1.49. The van der Waals surface area contributed by atoms with Crippen LogP contribution in [0.4, 0.5) is 35.1 Å². The highest BCUT2D eigenvalue weighted by molar-refractivity contribution is 5.79. The molecule has 0 amide bonds. The quantitative estimate of drug-likeness (QED) is 0.217. The van der Waals surface area contributed by atoms with Crippen molar-refractivity contribution in [3.05, 3.63) is 82.9 Å². The molecule has 2 aromatic carbocycles. The van der Waals surface area contributed by atoms with Crippen LogP contribution in [0, 0.1) is 18.6 Å². The largest absolute Gasteiger partial charge is 0.417 e. The van der Waals surface area contributed by atoms with Crippen molar-refractivity contribution < 1.29 is 44.3 Å². The van der Waals surface area contributed by atoms with Crippen LogP contribution in [0.15, 0.2) is 53.2 Å². The maximum absolute atomic E-state index is 14.2. The van der Waals surface area contributed by atoms with Gasteiger partial charge in [-0.1, -0.05) is 22.0 Å². The van der Waals surface area contributed by atoms with Crippen molar-refractivity contribution in [1.82, 2.24) is 20.2 Å². The molecule has 0 radical (unpaired) electrons. The van der Waals surface area contributed by atoms with Crippen LogP contribution in [0.2, 0.25) is 0 Å². The Morgan fingerprint density at radius 2 is 1.71 bits per heavy atom. The van der Waals surface area contributed by atoms with Gasteiger partial charge in [-0.15, -0.1) is 0 Å². The van der Waals surface area contributed by atoms with E-state index in [-0.39, 0.29) is 35.5 Å². The predicted octanol–water partition coefficient (Wildman–Crippen LogP) is 6.24. The second-order valence-electron chi connectivity index (χ2n) is 8.30. The molecule has 0 saturated heterocycles. The van der Waals surface area contributed by atoms with Crippen molar-refractivity contribution >= 4 is 11.0 Å². The summed E-state index contributed by atoms with van der Waals surface area (Å²) < 4.78 is 114. The van der Waals surface area contributed by atoms with Crippen molar-refractivity contribution in [3.63, 3.8) is 0 Å². The summed E-state index contributed by atoms with van der Waals surface area (Å²) in [6.07, 6.45) is -8.57. The number of hydrogen-bond acceptors (Lipinski definition) is 4. The van der Waals surface area contributed by atoms with Crippen LogP contribution < -0.4 is 4.68 Å². The molecule has 14 heteroatoms. The lowest BCUT2D eigenvalue weighted by molar-refractivity contribution is -0.747. The summed E-state index contributed by atoms with van der Waals surface area (Å²) in [5.41, 5.74) is -2.78. The first-order chi connectivity index (χ1) is 17.8. The van der Waals surface area contributed by atoms with Gasteiger partial charge in [0.25, 0.3) is 0 Å². The molecule has 0 saturated carbocycles. The van der Waals surface area contributed by atoms with Crippen LogP contribution in [-0.4, -0.2) is 20.2 Å². The smallest absolute Gasteiger partial charge is 0.354 e. The number of halogens is 8. The average Bonchev–Trinajstić information content (AvgIpc) is 3.47. The van der Waals surface area contributed by atoms with Gasteiger partial charge in [0.05, 0.1) is 16.7 Å². The van der Waals surface area contributed by atoms with E-state index in [1.807, 2.05) is 0 Å². The van der Waals surface area contributed by atoms with Gasteiger partial charge in [-0.25, -0.2) is 13.8 Å². The van der Waals surface area contributed by atoms with E-state index in [4.69, 9.17) is 4.52 Å². The highest BCUT2D eigenvalue weighted by atomic mass is 19.4. The maximum atomic E-state index is 14.2. The van der Waals surface area contributed by atoms with Gasteiger partial charge >= 0.3 is 12.4 Å². The summed E-state index contributed by atoms with van der Waals surface area (Å²) in [5, 5.41) is 7.90. The minimum absolute atomic E-state index is 0.0224. The number of alkyl halides is 6. The highest BCUT2D eigenvalue weighted by Crippen LogP contribution is 2.40. The molecule has 6 nitrogen and oxygen atoms in total. The molecule has 0 aliphatic carbocycles. The first kappa shape index (κ1) is 25.3. The van der Waals surface area contributed by atoms with Crippen molar-refractivity contribution in [2.24, 2.45) is 0 Å². The van der Waals surface area contributed by atoms with Crippen molar-refractivity contribution in [2.75, 3.05) is 0 Å². The fraction of sp³-hybridized carbons (Fsp3) is 0.167. The second-order valence-corrected chi connectivity index (χ2v) is 8.30. The summed E-state index contributed by atoms with van der Waals surface area (Å²) in [6, 6.07) is 6.04. The van der Waals surface area contributed by atoms with Gasteiger partial charge in [0.2, 0.25) is 18.5 Å². The van der Waals surface area contributed by atoms with Crippen LogP contribution >= 0.6 is 0 Å². The van der Waals surface area contributed by atoms with Gasteiger partial charge in [0.15, 0.2) is 11.6 Å². The molecule has 5 rings (SSSR count). The maximum Gasteiger partial charge on any atom is 0.417 e. The first-order valence-corrected chi connectivity index (χ1v) is 10.8. The van der Waals surface area contributed by atoms with Gasteiger partial charge in [-0.05, 0) is 36.3 Å². The third-order valence-electron chi connectivity index (χ3n) is 5.64. The SMILES string of the molecule is Cc1n[n+](Cc2cc(-c3ccc(C(F)(F)F)cc3C(F)(F)F)no2)cc2[nH]c(-c3cccc(F)c3F)nc12. The number of aromatic nitrogens is 5. The number of H-pyrrole nitrogens is 1. The lowest BCUT2D eigenvalue weighted by Gasteiger charge is -2.14. The van der Waals surface area contributed by atoms with E-state index in [1.165, 1.54) is 23.0 Å². The lowest BCUT2D eigenvalue weighted by Crippen LogP contribution is -2.38. The molecule has 0 atom stereocenters. The Balaban J connectivity index is 1.47. The molecule has 38 heavy (non-hydrogen) atoms. The number of aryl methyl sites for hydroxylation is 1. The lowest BCUT2D eigenvalue weighted by atomic mass is 10.0. The standard InChI is InChI=1S/C24H13F8N5O/c1-11-21-19(33-22(34-21)15-3-2-4-17(25)20(15)26)10-37(35-11)9-13-8-18(36-38-13)14-6-5-12(23(27,28)29)7-16(14)24(30,31)32/h2-8,10H,9H2,1H3/p+1. The van der Waals surface area contributed by atoms with Crippen molar-refractivity contribution in [3.8, 4) is 22.6 Å². The fourth-order valence-electron chi connectivity index (χ4n) is 3.92. The van der Waals surface area contributed by atoms with E-state index in [0.29, 0.717) is 28.9 Å². The Labute approximate surface area is 207 Å².